The zero-order chi connectivity index (χ0) is 10.1. The molecule has 1 atom stereocenters. The van der Waals surface area contributed by atoms with E-state index in [-0.39, 0.29) is 11.6 Å². The molecule has 1 fully saturated rings. The lowest BCUT2D eigenvalue weighted by Crippen LogP contribution is -2.51. The Hall–Kier alpha value is -0.700. The molecule has 13 heavy (non-hydrogen) atoms. The summed E-state index contributed by atoms with van der Waals surface area (Å²) < 4.78 is 0. The second kappa shape index (κ2) is 3.58. The van der Waals surface area contributed by atoms with Crippen molar-refractivity contribution in [3.63, 3.8) is 0 Å². The number of carbonyl (C=O) groups is 2. The molecule has 1 heterocycles. The molecule has 74 valence electrons. The fraction of sp³-hybridized carbons (Fsp3) is 0.800. The Morgan fingerprint density at radius 1 is 1.62 bits per heavy atom. The summed E-state index contributed by atoms with van der Waals surface area (Å²) in [6.07, 6.45) is 1.15. The van der Waals surface area contributed by atoms with E-state index >= 15 is 0 Å². The molecule has 1 aliphatic rings. The number of rotatable bonds is 2. The summed E-state index contributed by atoms with van der Waals surface area (Å²) in [4.78, 5) is 25.2. The van der Waals surface area contributed by atoms with Gasteiger partial charge in [-0.15, -0.1) is 0 Å². The van der Waals surface area contributed by atoms with Crippen molar-refractivity contribution in [3.8, 4) is 0 Å². The minimum absolute atomic E-state index is 0.0200. The summed E-state index contributed by atoms with van der Waals surface area (Å²) in [5.74, 6) is 0.146. The quantitative estimate of drug-likeness (QED) is 0.596. The molecule has 0 bridgehead atoms. The van der Waals surface area contributed by atoms with Crippen molar-refractivity contribution < 1.29 is 9.59 Å². The Morgan fingerprint density at radius 2 is 2.23 bits per heavy atom. The molecule has 0 aromatic rings. The van der Waals surface area contributed by atoms with Gasteiger partial charge in [0.25, 0.3) is 0 Å². The average Bonchev–Trinajstić information content (AvgIpc) is 2.09. The highest BCUT2D eigenvalue weighted by Gasteiger charge is 2.44. The number of nitrogens with zero attached hydrogens (tertiary/aromatic N) is 1. The van der Waals surface area contributed by atoms with Gasteiger partial charge in [0, 0.05) is 19.5 Å². The third-order valence-corrected chi connectivity index (χ3v) is 3.07. The van der Waals surface area contributed by atoms with Crippen LogP contribution < -0.4 is 0 Å². The van der Waals surface area contributed by atoms with Crippen molar-refractivity contribution in [1.29, 1.82) is 0 Å². The summed E-state index contributed by atoms with van der Waals surface area (Å²) >= 11 is 0. The smallest absolute Gasteiger partial charge is 0.148 e. The summed E-state index contributed by atoms with van der Waals surface area (Å²) in [6, 6.07) is 0. The maximum Gasteiger partial charge on any atom is 0.148 e. The van der Waals surface area contributed by atoms with Gasteiger partial charge in [0.05, 0.1) is 5.41 Å². The van der Waals surface area contributed by atoms with Crippen LogP contribution in [0.4, 0.5) is 0 Å². The van der Waals surface area contributed by atoms with E-state index in [1.54, 1.807) is 0 Å². The Balaban J connectivity index is 2.93. The van der Waals surface area contributed by atoms with Crippen molar-refractivity contribution in [1.82, 2.24) is 4.90 Å². The topological polar surface area (TPSA) is 37.4 Å². The average molecular weight is 183 g/mol. The van der Waals surface area contributed by atoms with Gasteiger partial charge in [0.1, 0.15) is 11.6 Å². The summed E-state index contributed by atoms with van der Waals surface area (Å²) in [5.41, 5.74) is -0.701. The SMILES string of the molecule is CCC1(C(C)=O)CN(C)CCC1=O. The van der Waals surface area contributed by atoms with Gasteiger partial charge in [-0.05, 0) is 20.4 Å². The molecule has 0 amide bonds. The van der Waals surface area contributed by atoms with Crippen LogP contribution in [0.3, 0.4) is 0 Å². The van der Waals surface area contributed by atoms with E-state index in [9.17, 15) is 9.59 Å². The molecule has 1 saturated heterocycles. The molecule has 1 rings (SSSR count). The zero-order valence-corrected chi connectivity index (χ0v) is 8.59. The highest BCUT2D eigenvalue weighted by Crippen LogP contribution is 2.30. The van der Waals surface area contributed by atoms with Gasteiger partial charge in [-0.3, -0.25) is 9.59 Å². The van der Waals surface area contributed by atoms with E-state index in [1.165, 1.54) is 6.92 Å². The Bertz CT molecular complexity index is 237. The first kappa shape index (κ1) is 10.4. The number of hydrogen-bond acceptors (Lipinski definition) is 3. The first-order chi connectivity index (χ1) is 6.03. The number of hydrogen-bond donors (Lipinski definition) is 0. The molecule has 1 unspecified atom stereocenters. The molecule has 0 aromatic carbocycles. The molecule has 0 aromatic heterocycles. The standard InChI is InChI=1S/C10H17NO2/c1-4-10(8(2)12)7-11(3)6-5-9(10)13/h4-7H2,1-3H3. The minimum atomic E-state index is -0.701. The minimum Gasteiger partial charge on any atom is -0.304 e. The van der Waals surface area contributed by atoms with E-state index in [2.05, 4.69) is 4.90 Å². The number of ketones is 2. The maximum atomic E-state index is 11.7. The monoisotopic (exact) mass is 183 g/mol. The first-order valence-electron chi connectivity index (χ1n) is 4.76. The van der Waals surface area contributed by atoms with Crippen LogP contribution in [0, 0.1) is 5.41 Å². The molecule has 3 nitrogen and oxygen atoms in total. The number of likely N-dealkylation sites (tertiary alicyclic amines) is 1. The largest absolute Gasteiger partial charge is 0.304 e. The van der Waals surface area contributed by atoms with Gasteiger partial charge in [-0.1, -0.05) is 6.92 Å². The third-order valence-electron chi connectivity index (χ3n) is 3.07. The molecule has 0 N–H and O–H groups in total. The van der Waals surface area contributed by atoms with Crippen LogP contribution in [0.2, 0.25) is 0 Å². The predicted octanol–water partition coefficient (Wildman–Crippen LogP) is 0.876. The predicted molar refractivity (Wildman–Crippen MR) is 50.5 cm³/mol. The zero-order valence-electron chi connectivity index (χ0n) is 8.59. The highest BCUT2D eigenvalue weighted by atomic mass is 16.2. The Kier molecular flexibility index (Phi) is 2.86. The second-order valence-corrected chi connectivity index (χ2v) is 3.90. The lowest BCUT2D eigenvalue weighted by atomic mass is 9.74. The van der Waals surface area contributed by atoms with Gasteiger partial charge in [0.2, 0.25) is 0 Å². The van der Waals surface area contributed by atoms with Crippen LogP contribution in [-0.4, -0.2) is 36.6 Å². The number of piperidine rings is 1. The second-order valence-electron chi connectivity index (χ2n) is 3.90. The molecule has 0 aliphatic carbocycles. The van der Waals surface area contributed by atoms with E-state index in [4.69, 9.17) is 0 Å². The van der Waals surface area contributed by atoms with Crippen LogP contribution in [0.5, 0.6) is 0 Å². The first-order valence-corrected chi connectivity index (χ1v) is 4.76. The van der Waals surface area contributed by atoms with Crippen LogP contribution in [0.1, 0.15) is 26.7 Å². The summed E-state index contributed by atoms with van der Waals surface area (Å²) in [5, 5.41) is 0. The van der Waals surface area contributed by atoms with Crippen molar-refractivity contribution in [2.45, 2.75) is 26.7 Å². The molecule has 3 heteroatoms. The van der Waals surface area contributed by atoms with Crippen molar-refractivity contribution in [3.05, 3.63) is 0 Å². The third kappa shape index (κ3) is 1.66. The van der Waals surface area contributed by atoms with Gasteiger partial charge in [0.15, 0.2) is 0 Å². The van der Waals surface area contributed by atoms with E-state index in [1.807, 2.05) is 14.0 Å². The number of Topliss-reactive ketones (excluding diaryl/α,β-unsaturated/α-hetero) is 2. The van der Waals surface area contributed by atoms with Crippen molar-refractivity contribution in [2.75, 3.05) is 20.1 Å². The van der Waals surface area contributed by atoms with Crippen LogP contribution in [0.25, 0.3) is 0 Å². The molecule has 0 radical (unpaired) electrons. The molecule has 0 spiro atoms. The molecular formula is C10H17NO2. The van der Waals surface area contributed by atoms with E-state index in [0.29, 0.717) is 19.4 Å². The summed E-state index contributed by atoms with van der Waals surface area (Å²) in [6.45, 7) is 4.82. The van der Waals surface area contributed by atoms with E-state index < -0.39 is 5.41 Å². The maximum absolute atomic E-state index is 11.7. The van der Waals surface area contributed by atoms with Crippen LogP contribution >= 0.6 is 0 Å². The lowest BCUT2D eigenvalue weighted by Gasteiger charge is -2.37. The number of carbonyl (C=O) groups excluding carboxylic acids is 2. The van der Waals surface area contributed by atoms with Gasteiger partial charge in [-0.2, -0.15) is 0 Å². The normalized spacial score (nSPS) is 30.5. The van der Waals surface area contributed by atoms with Gasteiger partial charge < -0.3 is 4.90 Å². The highest BCUT2D eigenvalue weighted by molar-refractivity contribution is 6.06. The van der Waals surface area contributed by atoms with Crippen molar-refractivity contribution >= 4 is 11.6 Å². The molecule has 1 aliphatic heterocycles. The Labute approximate surface area is 79.1 Å². The molecular weight excluding hydrogens is 166 g/mol. The van der Waals surface area contributed by atoms with E-state index in [0.717, 1.165) is 6.54 Å². The fourth-order valence-electron chi connectivity index (χ4n) is 2.03. The van der Waals surface area contributed by atoms with Gasteiger partial charge >= 0.3 is 0 Å². The summed E-state index contributed by atoms with van der Waals surface area (Å²) in [7, 11) is 1.96. The fourth-order valence-corrected chi connectivity index (χ4v) is 2.03. The van der Waals surface area contributed by atoms with Crippen molar-refractivity contribution in [2.24, 2.45) is 5.41 Å². The van der Waals surface area contributed by atoms with Crippen LogP contribution in [0.15, 0.2) is 0 Å². The Morgan fingerprint density at radius 3 is 2.62 bits per heavy atom. The lowest BCUT2D eigenvalue weighted by molar-refractivity contribution is -0.144. The van der Waals surface area contributed by atoms with Gasteiger partial charge in [-0.25, -0.2) is 0 Å². The molecule has 0 saturated carbocycles. The van der Waals surface area contributed by atoms with Crippen LogP contribution in [-0.2, 0) is 9.59 Å².